The van der Waals surface area contributed by atoms with E-state index < -0.39 is 25.5 Å². The van der Waals surface area contributed by atoms with Gasteiger partial charge in [0, 0.05) is 12.3 Å². The normalized spacial score (nSPS) is 11.7. The van der Waals surface area contributed by atoms with E-state index in [-0.39, 0.29) is 0 Å². The zero-order valence-corrected chi connectivity index (χ0v) is 11.9. The lowest BCUT2D eigenvalue weighted by Crippen LogP contribution is -2.03. The monoisotopic (exact) mass is 304 g/mol. The van der Waals surface area contributed by atoms with E-state index in [1.54, 1.807) is 37.3 Å². The Morgan fingerprint density at radius 2 is 1.81 bits per heavy atom. The first kappa shape index (κ1) is 14.9. The Kier molecular flexibility index (Phi) is 4.13. The van der Waals surface area contributed by atoms with E-state index >= 15 is 0 Å². The van der Waals surface area contributed by atoms with E-state index in [9.17, 15) is 18.5 Å². The first-order valence-electron chi connectivity index (χ1n) is 6.00. The maximum absolute atomic E-state index is 12.1. The van der Waals surface area contributed by atoms with Gasteiger partial charge in [0.2, 0.25) is 0 Å². The summed E-state index contributed by atoms with van der Waals surface area (Å²) in [6, 6.07) is 12.5. The average Bonchev–Trinajstić information content (AvgIpc) is 2.46. The minimum absolute atomic E-state index is 0.412. The van der Waals surface area contributed by atoms with Crippen LogP contribution in [0.25, 0.3) is 0 Å². The van der Waals surface area contributed by atoms with E-state index in [1.807, 2.05) is 0 Å². The largest absolute Gasteiger partial charge is 0.290 e. The van der Waals surface area contributed by atoms with Crippen LogP contribution in [0.15, 0.2) is 57.8 Å². The van der Waals surface area contributed by atoms with Crippen LogP contribution in [-0.2, 0) is 10.0 Å². The van der Waals surface area contributed by atoms with E-state index in [1.165, 1.54) is 24.4 Å². The molecule has 0 saturated heterocycles. The van der Waals surface area contributed by atoms with Gasteiger partial charge in [0.1, 0.15) is 0 Å². The number of aryl methyl sites for hydroxylation is 1. The van der Waals surface area contributed by atoms with Crippen LogP contribution in [0.5, 0.6) is 0 Å². The van der Waals surface area contributed by atoms with Crippen LogP contribution >= 0.6 is 0 Å². The van der Waals surface area contributed by atoms with Gasteiger partial charge in [-0.3, -0.25) is 10.1 Å². The number of rotatable bonds is 4. The summed E-state index contributed by atoms with van der Waals surface area (Å²) in [5, 5.41) is 11.0. The predicted octanol–water partition coefficient (Wildman–Crippen LogP) is 2.71. The standard InChI is InChI=1S/C14H12N2O4S/c1-11-7-8-14(13(9-11)16(17)18)21(19,20)15-10-12-5-3-2-4-6-12/h2-10H,1H3/b15-10-. The molecule has 0 fully saturated rings. The molecule has 108 valence electrons. The van der Waals surface area contributed by atoms with Crippen molar-refractivity contribution in [3.8, 4) is 0 Å². The highest BCUT2D eigenvalue weighted by Gasteiger charge is 2.24. The average molecular weight is 304 g/mol. The van der Waals surface area contributed by atoms with E-state index in [0.717, 1.165) is 0 Å². The summed E-state index contributed by atoms with van der Waals surface area (Å²) in [5.74, 6) is 0. The van der Waals surface area contributed by atoms with Crippen molar-refractivity contribution in [1.82, 2.24) is 0 Å². The molecule has 2 aromatic rings. The van der Waals surface area contributed by atoms with Crippen molar-refractivity contribution in [3.63, 3.8) is 0 Å². The molecule has 0 aliphatic rings. The fraction of sp³-hybridized carbons (Fsp3) is 0.0714. The zero-order chi connectivity index (χ0) is 15.5. The molecule has 0 heterocycles. The molecule has 0 saturated carbocycles. The van der Waals surface area contributed by atoms with Crippen LogP contribution in [-0.4, -0.2) is 19.6 Å². The molecule has 0 unspecified atom stereocenters. The van der Waals surface area contributed by atoms with Crippen LogP contribution in [0.1, 0.15) is 11.1 Å². The van der Waals surface area contributed by atoms with Crippen molar-refractivity contribution >= 4 is 21.9 Å². The Labute approximate surface area is 122 Å². The third-order valence-electron chi connectivity index (χ3n) is 2.73. The number of nitro groups is 1. The second kappa shape index (κ2) is 5.84. The van der Waals surface area contributed by atoms with Gasteiger partial charge in [-0.25, -0.2) is 0 Å². The summed E-state index contributed by atoms with van der Waals surface area (Å²) in [6.07, 6.45) is 1.17. The quantitative estimate of drug-likeness (QED) is 0.493. The number of benzene rings is 2. The summed E-state index contributed by atoms with van der Waals surface area (Å²) in [6.45, 7) is 1.65. The van der Waals surface area contributed by atoms with Gasteiger partial charge in [0.15, 0.2) is 4.90 Å². The summed E-state index contributed by atoms with van der Waals surface area (Å²) in [7, 11) is -4.12. The van der Waals surface area contributed by atoms with Crippen LogP contribution in [0.3, 0.4) is 0 Å². The minimum atomic E-state index is -4.12. The Balaban J connectivity index is 2.45. The fourth-order valence-electron chi connectivity index (χ4n) is 1.71. The number of nitrogens with zero attached hydrogens (tertiary/aromatic N) is 2. The molecule has 0 atom stereocenters. The van der Waals surface area contributed by atoms with Gasteiger partial charge in [-0.05, 0) is 24.1 Å². The van der Waals surface area contributed by atoms with Gasteiger partial charge in [-0.15, -0.1) is 0 Å². The van der Waals surface area contributed by atoms with Gasteiger partial charge >= 0.3 is 0 Å². The lowest BCUT2D eigenvalue weighted by Gasteiger charge is -2.02. The molecule has 0 radical (unpaired) electrons. The lowest BCUT2D eigenvalue weighted by molar-refractivity contribution is -0.387. The molecule has 7 heteroatoms. The second-order valence-corrected chi connectivity index (χ2v) is 5.95. The highest BCUT2D eigenvalue weighted by atomic mass is 32.2. The minimum Gasteiger partial charge on any atom is -0.258 e. The number of hydrogen-bond acceptors (Lipinski definition) is 4. The molecule has 0 aliphatic heterocycles. The first-order valence-corrected chi connectivity index (χ1v) is 7.44. The van der Waals surface area contributed by atoms with Crippen LogP contribution < -0.4 is 0 Å². The van der Waals surface area contributed by atoms with Crippen molar-refractivity contribution in [2.24, 2.45) is 4.40 Å². The summed E-state index contributed by atoms with van der Waals surface area (Å²) >= 11 is 0. The Hall–Kier alpha value is -2.54. The van der Waals surface area contributed by atoms with E-state index in [2.05, 4.69) is 4.40 Å². The SMILES string of the molecule is Cc1ccc(S(=O)(=O)/N=C\c2ccccc2)c([N+](=O)[O-])c1. The number of hydrogen-bond donors (Lipinski definition) is 0. The van der Waals surface area contributed by atoms with Crippen LogP contribution in [0, 0.1) is 17.0 Å². The lowest BCUT2D eigenvalue weighted by atomic mass is 10.2. The van der Waals surface area contributed by atoms with Gasteiger partial charge in [0.05, 0.1) is 4.92 Å². The third kappa shape index (κ3) is 3.51. The van der Waals surface area contributed by atoms with Gasteiger partial charge in [0.25, 0.3) is 15.7 Å². The molecule has 0 N–H and O–H groups in total. The summed E-state index contributed by atoms with van der Waals surface area (Å²) < 4.78 is 27.8. The highest BCUT2D eigenvalue weighted by molar-refractivity contribution is 7.90. The number of nitro benzene ring substituents is 1. The number of sulfonamides is 1. The van der Waals surface area contributed by atoms with Crippen molar-refractivity contribution in [2.45, 2.75) is 11.8 Å². The summed E-state index contributed by atoms with van der Waals surface area (Å²) in [5.41, 5.74) is 0.726. The molecule has 0 aromatic heterocycles. The maximum atomic E-state index is 12.1. The Morgan fingerprint density at radius 1 is 1.14 bits per heavy atom. The zero-order valence-electron chi connectivity index (χ0n) is 11.1. The molecule has 21 heavy (non-hydrogen) atoms. The van der Waals surface area contributed by atoms with E-state index in [0.29, 0.717) is 11.1 Å². The first-order chi connectivity index (χ1) is 9.90. The molecule has 6 nitrogen and oxygen atoms in total. The van der Waals surface area contributed by atoms with Crippen molar-refractivity contribution in [1.29, 1.82) is 0 Å². The predicted molar refractivity (Wildman–Crippen MR) is 79.1 cm³/mol. The van der Waals surface area contributed by atoms with Crippen LogP contribution in [0.2, 0.25) is 0 Å². The Morgan fingerprint density at radius 3 is 2.43 bits per heavy atom. The van der Waals surface area contributed by atoms with Crippen LogP contribution in [0.4, 0.5) is 5.69 Å². The smallest absolute Gasteiger partial charge is 0.258 e. The van der Waals surface area contributed by atoms with Crippen molar-refractivity contribution in [3.05, 3.63) is 69.8 Å². The third-order valence-corrected chi connectivity index (χ3v) is 4.01. The molecule has 0 aliphatic carbocycles. The fourth-order valence-corrected chi connectivity index (χ4v) is 2.73. The molecule has 0 amide bonds. The molecule has 2 aromatic carbocycles. The molecule has 0 bridgehead atoms. The van der Waals surface area contributed by atoms with Gasteiger partial charge in [-0.2, -0.15) is 12.8 Å². The second-order valence-electron chi connectivity index (χ2n) is 4.35. The van der Waals surface area contributed by atoms with Crippen molar-refractivity contribution in [2.75, 3.05) is 0 Å². The molecular formula is C14H12N2O4S. The highest BCUT2D eigenvalue weighted by Crippen LogP contribution is 2.26. The maximum Gasteiger partial charge on any atom is 0.290 e. The molecular weight excluding hydrogens is 292 g/mol. The van der Waals surface area contributed by atoms with Crippen molar-refractivity contribution < 1.29 is 13.3 Å². The molecule has 2 rings (SSSR count). The Bertz CT molecular complexity index is 799. The van der Waals surface area contributed by atoms with Gasteiger partial charge in [-0.1, -0.05) is 36.4 Å². The molecule has 0 spiro atoms. The summed E-state index contributed by atoms with van der Waals surface area (Å²) in [4.78, 5) is 9.85. The van der Waals surface area contributed by atoms with E-state index in [4.69, 9.17) is 0 Å². The van der Waals surface area contributed by atoms with Gasteiger partial charge < -0.3 is 0 Å². The topological polar surface area (TPSA) is 89.6 Å².